The smallest absolute Gasteiger partial charge is 0.307 e. The highest BCUT2D eigenvalue weighted by molar-refractivity contribution is 7.14. The van der Waals surface area contributed by atoms with Gasteiger partial charge in [-0.15, -0.1) is 11.3 Å². The van der Waals surface area contributed by atoms with Crippen molar-refractivity contribution in [3.05, 3.63) is 21.4 Å². The van der Waals surface area contributed by atoms with Gasteiger partial charge in [-0.25, -0.2) is 0 Å². The molecule has 2 aliphatic heterocycles. The monoisotopic (exact) mass is 338 g/mol. The van der Waals surface area contributed by atoms with Gasteiger partial charge in [0.05, 0.1) is 25.0 Å². The van der Waals surface area contributed by atoms with Crippen molar-refractivity contribution in [1.82, 2.24) is 10.6 Å². The maximum absolute atomic E-state index is 12.3. The van der Waals surface area contributed by atoms with Crippen LogP contribution in [0.3, 0.4) is 0 Å². The molecule has 1 saturated heterocycles. The van der Waals surface area contributed by atoms with Gasteiger partial charge >= 0.3 is 5.97 Å². The van der Waals surface area contributed by atoms with Crippen LogP contribution in [0.2, 0.25) is 0 Å². The van der Waals surface area contributed by atoms with Gasteiger partial charge in [0.2, 0.25) is 0 Å². The molecule has 2 aliphatic rings. The predicted molar refractivity (Wildman–Crippen MR) is 86.7 cm³/mol. The van der Waals surface area contributed by atoms with Crippen molar-refractivity contribution >= 4 is 23.2 Å². The van der Waals surface area contributed by atoms with Crippen molar-refractivity contribution in [3.8, 4) is 0 Å². The number of thiophene rings is 1. The molecule has 2 N–H and O–H groups in total. The average molecular weight is 338 g/mol. The second kappa shape index (κ2) is 6.98. The van der Waals surface area contributed by atoms with E-state index in [9.17, 15) is 9.59 Å². The van der Waals surface area contributed by atoms with Crippen molar-refractivity contribution in [2.75, 3.05) is 33.4 Å². The first-order valence-corrected chi connectivity index (χ1v) is 8.79. The summed E-state index contributed by atoms with van der Waals surface area (Å²) in [6.07, 6.45) is 2.94. The number of hydrogen-bond acceptors (Lipinski definition) is 6. The Bertz CT molecular complexity index is 593. The van der Waals surface area contributed by atoms with E-state index in [4.69, 9.17) is 4.74 Å². The number of rotatable bonds is 4. The number of piperidine rings is 1. The summed E-state index contributed by atoms with van der Waals surface area (Å²) in [5, 5.41) is 6.14. The van der Waals surface area contributed by atoms with E-state index in [-0.39, 0.29) is 23.9 Å². The molecule has 1 spiro atoms. The van der Waals surface area contributed by atoms with Gasteiger partial charge in [-0.1, -0.05) is 0 Å². The quantitative estimate of drug-likeness (QED) is 0.807. The molecule has 1 aromatic heterocycles. The highest BCUT2D eigenvalue weighted by Crippen LogP contribution is 2.44. The summed E-state index contributed by atoms with van der Waals surface area (Å²) in [6.45, 7) is 2.89. The minimum absolute atomic E-state index is 0.127. The molecule has 0 radical (unpaired) electrons. The summed E-state index contributed by atoms with van der Waals surface area (Å²) in [6, 6.07) is 1.99. The molecule has 6 nitrogen and oxygen atoms in total. The van der Waals surface area contributed by atoms with E-state index in [0.29, 0.717) is 18.0 Å². The third kappa shape index (κ3) is 3.41. The molecule has 0 saturated carbocycles. The third-order valence-corrected chi connectivity index (χ3v) is 5.81. The zero-order chi connectivity index (χ0) is 16.3. The van der Waals surface area contributed by atoms with Crippen LogP contribution in [0, 0.1) is 0 Å². The standard InChI is InChI=1S/C16H22N2O4S/c1-21-13(19)2-6-18-15(20)12-10-11-3-9-22-16(14(11)23-12)4-7-17-8-5-16/h10,17H,2-9H2,1H3,(H,18,20). The SMILES string of the molecule is COC(=O)CCNC(=O)c1cc2c(s1)C1(CCNCC1)OCC2. The predicted octanol–water partition coefficient (Wildman–Crippen LogP) is 1.19. The Hall–Kier alpha value is -1.44. The van der Waals surface area contributed by atoms with Crippen LogP contribution in [0.1, 0.15) is 39.4 Å². The number of methoxy groups -OCH3 is 1. The number of nitrogens with one attached hydrogen (secondary N) is 2. The van der Waals surface area contributed by atoms with Gasteiger partial charge in [0.15, 0.2) is 0 Å². The molecule has 3 rings (SSSR count). The fourth-order valence-corrected chi connectivity index (χ4v) is 4.53. The van der Waals surface area contributed by atoms with E-state index < -0.39 is 0 Å². The van der Waals surface area contributed by atoms with Crippen LogP contribution >= 0.6 is 11.3 Å². The van der Waals surface area contributed by atoms with Crippen molar-refractivity contribution in [2.24, 2.45) is 0 Å². The molecule has 1 fully saturated rings. The molecule has 23 heavy (non-hydrogen) atoms. The van der Waals surface area contributed by atoms with Crippen molar-refractivity contribution in [1.29, 1.82) is 0 Å². The van der Waals surface area contributed by atoms with E-state index in [1.165, 1.54) is 28.9 Å². The summed E-state index contributed by atoms with van der Waals surface area (Å²) in [7, 11) is 1.34. The van der Waals surface area contributed by atoms with Gasteiger partial charge < -0.3 is 20.1 Å². The van der Waals surface area contributed by atoms with Crippen LogP contribution in [0.25, 0.3) is 0 Å². The average Bonchev–Trinajstić information content (AvgIpc) is 3.01. The Morgan fingerprint density at radius 3 is 2.96 bits per heavy atom. The molecule has 3 heterocycles. The number of amides is 1. The van der Waals surface area contributed by atoms with Gasteiger partial charge in [-0.2, -0.15) is 0 Å². The Balaban J connectivity index is 1.71. The molecule has 0 unspecified atom stereocenters. The van der Waals surface area contributed by atoms with Gasteiger partial charge in [0.25, 0.3) is 5.91 Å². The largest absolute Gasteiger partial charge is 0.469 e. The van der Waals surface area contributed by atoms with Gasteiger partial charge in [-0.05, 0) is 44.0 Å². The number of hydrogen-bond donors (Lipinski definition) is 2. The first kappa shape index (κ1) is 16.4. The van der Waals surface area contributed by atoms with E-state index in [0.717, 1.165) is 32.4 Å². The van der Waals surface area contributed by atoms with E-state index >= 15 is 0 Å². The topological polar surface area (TPSA) is 76.7 Å². The minimum Gasteiger partial charge on any atom is -0.469 e. The molecule has 0 atom stereocenters. The van der Waals surface area contributed by atoms with E-state index in [1.54, 1.807) is 0 Å². The summed E-state index contributed by atoms with van der Waals surface area (Å²) in [4.78, 5) is 25.3. The van der Waals surface area contributed by atoms with Gasteiger partial charge in [0, 0.05) is 11.4 Å². The lowest BCUT2D eigenvalue weighted by molar-refractivity contribution is -0.140. The number of carbonyl (C=O) groups excluding carboxylic acids is 2. The highest BCUT2D eigenvalue weighted by atomic mass is 32.1. The highest BCUT2D eigenvalue weighted by Gasteiger charge is 2.41. The van der Waals surface area contributed by atoms with Crippen LogP contribution in [0.5, 0.6) is 0 Å². The number of fused-ring (bicyclic) bond motifs is 2. The molecular formula is C16H22N2O4S. The number of carbonyl (C=O) groups is 2. The number of esters is 1. The summed E-state index contributed by atoms with van der Waals surface area (Å²) >= 11 is 1.53. The summed E-state index contributed by atoms with van der Waals surface area (Å²) in [5.41, 5.74) is 1.02. The third-order valence-electron chi connectivity index (χ3n) is 4.45. The number of ether oxygens (including phenoxy) is 2. The molecule has 0 aromatic carbocycles. The van der Waals surface area contributed by atoms with Crippen molar-refractivity contribution in [2.45, 2.75) is 31.3 Å². The maximum Gasteiger partial charge on any atom is 0.307 e. The van der Waals surface area contributed by atoms with Gasteiger partial charge in [0.1, 0.15) is 5.60 Å². The van der Waals surface area contributed by atoms with Crippen molar-refractivity contribution < 1.29 is 19.1 Å². The lowest BCUT2D eigenvalue weighted by Crippen LogP contribution is -2.43. The Morgan fingerprint density at radius 1 is 1.43 bits per heavy atom. The molecular weight excluding hydrogens is 316 g/mol. The Morgan fingerprint density at radius 2 is 2.22 bits per heavy atom. The normalized spacial score (nSPS) is 19.2. The molecule has 0 aliphatic carbocycles. The summed E-state index contributed by atoms with van der Waals surface area (Å²) < 4.78 is 10.7. The van der Waals surface area contributed by atoms with E-state index in [2.05, 4.69) is 15.4 Å². The fraction of sp³-hybridized carbons (Fsp3) is 0.625. The minimum atomic E-state index is -0.321. The lowest BCUT2D eigenvalue weighted by Gasteiger charge is -2.40. The van der Waals surface area contributed by atoms with Crippen LogP contribution in [0.15, 0.2) is 6.07 Å². The van der Waals surface area contributed by atoms with E-state index in [1.807, 2.05) is 6.07 Å². The van der Waals surface area contributed by atoms with Gasteiger partial charge in [-0.3, -0.25) is 9.59 Å². The molecule has 1 aromatic rings. The maximum atomic E-state index is 12.3. The molecule has 1 amide bonds. The zero-order valence-corrected chi connectivity index (χ0v) is 14.1. The fourth-order valence-electron chi connectivity index (χ4n) is 3.20. The lowest BCUT2D eigenvalue weighted by atomic mass is 9.86. The first-order valence-electron chi connectivity index (χ1n) is 7.97. The second-order valence-electron chi connectivity index (χ2n) is 5.89. The van der Waals surface area contributed by atoms with Crippen LogP contribution in [-0.4, -0.2) is 45.2 Å². The molecule has 0 bridgehead atoms. The van der Waals surface area contributed by atoms with Crippen LogP contribution in [0.4, 0.5) is 0 Å². The summed E-state index contributed by atoms with van der Waals surface area (Å²) in [5.74, 6) is -0.449. The Kier molecular flexibility index (Phi) is 4.99. The molecule has 7 heteroatoms. The second-order valence-corrected chi connectivity index (χ2v) is 6.94. The Labute approximate surface area is 139 Å². The van der Waals surface area contributed by atoms with Crippen molar-refractivity contribution in [3.63, 3.8) is 0 Å². The first-order chi connectivity index (χ1) is 11.1. The van der Waals surface area contributed by atoms with Crippen LogP contribution < -0.4 is 10.6 Å². The zero-order valence-electron chi connectivity index (χ0n) is 13.3. The van der Waals surface area contributed by atoms with Crippen LogP contribution in [-0.2, 0) is 26.3 Å². The molecule has 126 valence electrons.